The van der Waals surface area contributed by atoms with Gasteiger partial charge in [0, 0.05) is 19.4 Å². The Morgan fingerprint density at radius 1 is 1.38 bits per heavy atom. The Labute approximate surface area is 92.6 Å². The molecule has 84 valence electrons. The third kappa shape index (κ3) is 2.17. The largest absolute Gasteiger partial charge is 0.497 e. The maximum atomic E-state index is 5.10. The van der Waals surface area contributed by atoms with Gasteiger partial charge in [0.1, 0.15) is 18.1 Å². The van der Waals surface area contributed by atoms with E-state index in [0.717, 1.165) is 5.75 Å². The summed E-state index contributed by atoms with van der Waals surface area (Å²) in [4.78, 5) is 8.40. The Morgan fingerprint density at radius 2 is 2.25 bits per heavy atom. The van der Waals surface area contributed by atoms with Crippen molar-refractivity contribution in [3.8, 4) is 17.3 Å². The highest BCUT2D eigenvalue weighted by Gasteiger charge is 2.07. The molecule has 0 radical (unpaired) electrons. The molecule has 2 rings (SSSR count). The Kier molecular flexibility index (Phi) is 3.11. The molecule has 6 nitrogen and oxygen atoms in total. The minimum absolute atomic E-state index is 0.400. The minimum atomic E-state index is 0.400. The SMILES string of the molecule is COCc1nc(-c2cc(OC)ccn2)n[nH]1. The smallest absolute Gasteiger partial charge is 0.199 e. The van der Waals surface area contributed by atoms with E-state index in [9.17, 15) is 0 Å². The van der Waals surface area contributed by atoms with Crippen LogP contribution in [0.2, 0.25) is 0 Å². The fraction of sp³-hybridized carbons (Fsp3) is 0.300. The lowest BCUT2D eigenvalue weighted by Gasteiger charge is -1.99. The molecule has 0 bridgehead atoms. The number of hydrogen-bond donors (Lipinski definition) is 1. The molecule has 16 heavy (non-hydrogen) atoms. The maximum absolute atomic E-state index is 5.10. The predicted molar refractivity (Wildman–Crippen MR) is 56.9 cm³/mol. The van der Waals surface area contributed by atoms with E-state index in [0.29, 0.717) is 23.9 Å². The predicted octanol–water partition coefficient (Wildman–Crippen LogP) is 1.02. The second-order valence-corrected chi connectivity index (χ2v) is 3.12. The van der Waals surface area contributed by atoms with Gasteiger partial charge in [0.25, 0.3) is 0 Å². The summed E-state index contributed by atoms with van der Waals surface area (Å²) in [6, 6.07) is 3.55. The van der Waals surface area contributed by atoms with E-state index < -0.39 is 0 Å². The third-order valence-corrected chi connectivity index (χ3v) is 2.01. The van der Waals surface area contributed by atoms with E-state index in [1.807, 2.05) is 0 Å². The topological polar surface area (TPSA) is 72.9 Å². The summed E-state index contributed by atoms with van der Waals surface area (Å²) in [5.41, 5.74) is 0.665. The normalized spacial score (nSPS) is 10.4. The number of hydrogen-bond acceptors (Lipinski definition) is 5. The highest BCUT2D eigenvalue weighted by molar-refractivity contribution is 5.51. The highest BCUT2D eigenvalue weighted by atomic mass is 16.5. The number of aromatic amines is 1. The first-order valence-electron chi connectivity index (χ1n) is 4.74. The standard InChI is InChI=1S/C10H12N4O2/c1-15-6-9-12-10(14-13-9)8-5-7(16-2)3-4-11-8/h3-5H,6H2,1-2H3,(H,12,13,14). The van der Waals surface area contributed by atoms with E-state index in [1.165, 1.54) is 0 Å². The molecule has 0 saturated heterocycles. The molecule has 0 aliphatic heterocycles. The Hall–Kier alpha value is -1.95. The van der Waals surface area contributed by atoms with Gasteiger partial charge in [-0.15, -0.1) is 0 Å². The lowest BCUT2D eigenvalue weighted by Crippen LogP contribution is -1.90. The van der Waals surface area contributed by atoms with Gasteiger partial charge in [-0.3, -0.25) is 10.1 Å². The van der Waals surface area contributed by atoms with Crippen molar-refractivity contribution >= 4 is 0 Å². The van der Waals surface area contributed by atoms with Crippen molar-refractivity contribution in [1.29, 1.82) is 0 Å². The monoisotopic (exact) mass is 220 g/mol. The summed E-state index contributed by atoms with van der Waals surface area (Å²) < 4.78 is 10.0. The molecule has 2 aromatic heterocycles. The van der Waals surface area contributed by atoms with Gasteiger partial charge in [-0.25, -0.2) is 4.98 Å². The number of rotatable bonds is 4. The van der Waals surface area contributed by atoms with Crippen LogP contribution < -0.4 is 4.74 Å². The van der Waals surface area contributed by atoms with E-state index >= 15 is 0 Å². The molecule has 0 fully saturated rings. The van der Waals surface area contributed by atoms with Crippen molar-refractivity contribution in [2.75, 3.05) is 14.2 Å². The summed E-state index contributed by atoms with van der Waals surface area (Å²) in [5.74, 6) is 1.93. The van der Waals surface area contributed by atoms with Crippen LogP contribution in [0.3, 0.4) is 0 Å². The van der Waals surface area contributed by atoms with Crippen molar-refractivity contribution in [2.45, 2.75) is 6.61 Å². The van der Waals surface area contributed by atoms with E-state index in [2.05, 4.69) is 20.2 Å². The second kappa shape index (κ2) is 4.71. The van der Waals surface area contributed by atoms with Crippen LogP contribution in [0.5, 0.6) is 5.75 Å². The average Bonchev–Trinajstić information content (AvgIpc) is 2.78. The van der Waals surface area contributed by atoms with Gasteiger partial charge in [-0.2, -0.15) is 5.10 Å². The van der Waals surface area contributed by atoms with Crippen LogP contribution in [0.25, 0.3) is 11.5 Å². The van der Waals surface area contributed by atoms with Gasteiger partial charge < -0.3 is 9.47 Å². The summed E-state index contributed by atoms with van der Waals surface area (Å²) in [7, 11) is 3.21. The fourth-order valence-corrected chi connectivity index (χ4v) is 1.27. The molecule has 2 heterocycles. The fourth-order valence-electron chi connectivity index (χ4n) is 1.27. The van der Waals surface area contributed by atoms with E-state index in [4.69, 9.17) is 9.47 Å². The number of ether oxygens (including phenoxy) is 2. The van der Waals surface area contributed by atoms with Gasteiger partial charge in [0.15, 0.2) is 11.6 Å². The number of H-pyrrole nitrogens is 1. The van der Waals surface area contributed by atoms with Crippen LogP contribution in [-0.2, 0) is 11.3 Å². The summed E-state index contributed by atoms with van der Waals surface area (Å²) in [6.45, 7) is 0.400. The Morgan fingerprint density at radius 3 is 3.00 bits per heavy atom. The molecule has 2 aromatic rings. The van der Waals surface area contributed by atoms with Crippen molar-refractivity contribution in [3.05, 3.63) is 24.2 Å². The Bertz CT molecular complexity index is 469. The van der Waals surface area contributed by atoms with E-state index in [-0.39, 0.29) is 0 Å². The van der Waals surface area contributed by atoms with Gasteiger partial charge in [0.05, 0.1) is 7.11 Å². The van der Waals surface area contributed by atoms with Gasteiger partial charge in [-0.1, -0.05) is 0 Å². The molecule has 6 heteroatoms. The van der Waals surface area contributed by atoms with Crippen LogP contribution in [0.1, 0.15) is 5.82 Å². The maximum Gasteiger partial charge on any atom is 0.199 e. The van der Waals surface area contributed by atoms with Crippen molar-refractivity contribution in [2.24, 2.45) is 0 Å². The molecular formula is C10H12N4O2. The number of aromatic nitrogens is 4. The molecular weight excluding hydrogens is 208 g/mol. The number of pyridine rings is 1. The highest BCUT2D eigenvalue weighted by Crippen LogP contribution is 2.17. The van der Waals surface area contributed by atoms with E-state index in [1.54, 1.807) is 32.5 Å². The zero-order valence-electron chi connectivity index (χ0n) is 9.10. The van der Waals surface area contributed by atoms with Crippen LogP contribution >= 0.6 is 0 Å². The number of nitrogens with zero attached hydrogens (tertiary/aromatic N) is 3. The first-order valence-corrected chi connectivity index (χ1v) is 4.74. The first-order chi connectivity index (χ1) is 7.83. The van der Waals surface area contributed by atoms with Crippen LogP contribution in [0.4, 0.5) is 0 Å². The summed E-state index contributed by atoms with van der Waals surface area (Å²) in [5, 5.41) is 6.82. The zero-order chi connectivity index (χ0) is 11.4. The van der Waals surface area contributed by atoms with Crippen LogP contribution in [-0.4, -0.2) is 34.4 Å². The average molecular weight is 220 g/mol. The first kappa shape index (κ1) is 10.6. The number of methoxy groups -OCH3 is 2. The molecule has 0 aliphatic carbocycles. The second-order valence-electron chi connectivity index (χ2n) is 3.12. The lowest BCUT2D eigenvalue weighted by molar-refractivity contribution is 0.178. The van der Waals surface area contributed by atoms with Crippen molar-refractivity contribution in [1.82, 2.24) is 20.2 Å². The molecule has 0 atom stereocenters. The van der Waals surface area contributed by atoms with Crippen LogP contribution in [0, 0.1) is 0 Å². The Balaban J connectivity index is 2.27. The molecule has 0 aromatic carbocycles. The molecule has 0 unspecified atom stereocenters. The molecule has 0 amide bonds. The summed E-state index contributed by atoms with van der Waals surface area (Å²) >= 11 is 0. The molecule has 1 N–H and O–H groups in total. The molecule has 0 aliphatic rings. The lowest BCUT2D eigenvalue weighted by atomic mass is 10.3. The zero-order valence-corrected chi connectivity index (χ0v) is 9.10. The van der Waals surface area contributed by atoms with Gasteiger partial charge in [0.2, 0.25) is 0 Å². The van der Waals surface area contributed by atoms with Crippen LogP contribution in [0.15, 0.2) is 18.3 Å². The summed E-state index contributed by atoms with van der Waals surface area (Å²) in [6.07, 6.45) is 1.65. The third-order valence-electron chi connectivity index (χ3n) is 2.01. The quantitative estimate of drug-likeness (QED) is 0.832. The molecule has 0 saturated carbocycles. The van der Waals surface area contributed by atoms with Gasteiger partial charge in [-0.05, 0) is 6.07 Å². The van der Waals surface area contributed by atoms with Crippen molar-refractivity contribution < 1.29 is 9.47 Å². The van der Waals surface area contributed by atoms with Crippen molar-refractivity contribution in [3.63, 3.8) is 0 Å². The molecule has 0 spiro atoms. The van der Waals surface area contributed by atoms with Gasteiger partial charge >= 0.3 is 0 Å². The minimum Gasteiger partial charge on any atom is -0.497 e. The number of nitrogens with one attached hydrogen (secondary N) is 1.